The second-order valence-electron chi connectivity index (χ2n) is 3.88. The Bertz CT molecular complexity index is 356. The standard InChI is InChI=1S/C13H18O2/c1-5-10(3)13(14)11-8-9(2)6-7-12(11)15-4/h6-8,10H,5H2,1-4H3. The SMILES string of the molecule is CCC(C)C(=O)c1cc(C)ccc1OC. The van der Waals surface area contributed by atoms with Gasteiger partial charge in [0.25, 0.3) is 0 Å². The molecule has 0 aliphatic rings. The fourth-order valence-electron chi connectivity index (χ4n) is 1.47. The van der Waals surface area contributed by atoms with Crippen molar-refractivity contribution in [2.75, 3.05) is 7.11 Å². The van der Waals surface area contributed by atoms with Crippen molar-refractivity contribution in [1.82, 2.24) is 0 Å². The van der Waals surface area contributed by atoms with Gasteiger partial charge in [-0.25, -0.2) is 0 Å². The highest BCUT2D eigenvalue weighted by molar-refractivity contribution is 6.00. The van der Waals surface area contributed by atoms with E-state index in [1.54, 1.807) is 7.11 Å². The summed E-state index contributed by atoms with van der Waals surface area (Å²) >= 11 is 0. The summed E-state index contributed by atoms with van der Waals surface area (Å²) in [4.78, 5) is 12.0. The molecule has 1 unspecified atom stereocenters. The molecule has 0 saturated heterocycles. The van der Waals surface area contributed by atoms with E-state index in [1.807, 2.05) is 39.0 Å². The van der Waals surface area contributed by atoms with Gasteiger partial charge in [-0.15, -0.1) is 0 Å². The lowest BCUT2D eigenvalue weighted by molar-refractivity contribution is 0.0924. The van der Waals surface area contributed by atoms with Crippen molar-refractivity contribution >= 4 is 5.78 Å². The van der Waals surface area contributed by atoms with E-state index in [0.717, 1.165) is 12.0 Å². The Balaban J connectivity index is 3.11. The zero-order valence-electron chi connectivity index (χ0n) is 9.83. The van der Waals surface area contributed by atoms with Gasteiger partial charge < -0.3 is 4.74 Å². The number of carbonyl (C=O) groups excluding carboxylic acids is 1. The van der Waals surface area contributed by atoms with Crippen LogP contribution in [0.4, 0.5) is 0 Å². The van der Waals surface area contributed by atoms with Crippen LogP contribution in [0.15, 0.2) is 18.2 Å². The maximum absolute atomic E-state index is 12.0. The molecule has 0 N–H and O–H groups in total. The molecule has 0 heterocycles. The summed E-state index contributed by atoms with van der Waals surface area (Å²) in [5.41, 5.74) is 1.79. The molecule has 0 aliphatic carbocycles. The smallest absolute Gasteiger partial charge is 0.169 e. The molecule has 0 amide bonds. The quantitative estimate of drug-likeness (QED) is 0.707. The number of hydrogen-bond acceptors (Lipinski definition) is 2. The maximum Gasteiger partial charge on any atom is 0.169 e. The van der Waals surface area contributed by atoms with Crippen LogP contribution in [0, 0.1) is 12.8 Å². The van der Waals surface area contributed by atoms with E-state index in [4.69, 9.17) is 4.74 Å². The third-order valence-corrected chi connectivity index (χ3v) is 2.68. The first-order valence-corrected chi connectivity index (χ1v) is 5.29. The molecule has 15 heavy (non-hydrogen) atoms. The molecule has 0 bridgehead atoms. The minimum atomic E-state index is 0.0562. The Hall–Kier alpha value is -1.31. The lowest BCUT2D eigenvalue weighted by atomic mass is 9.95. The zero-order valence-corrected chi connectivity index (χ0v) is 9.83. The Morgan fingerprint density at radius 3 is 2.67 bits per heavy atom. The topological polar surface area (TPSA) is 26.3 Å². The highest BCUT2D eigenvalue weighted by Crippen LogP contribution is 2.23. The molecule has 82 valence electrons. The fraction of sp³-hybridized carbons (Fsp3) is 0.462. The highest BCUT2D eigenvalue weighted by Gasteiger charge is 2.17. The normalized spacial score (nSPS) is 12.3. The van der Waals surface area contributed by atoms with Gasteiger partial charge in [0.2, 0.25) is 0 Å². The summed E-state index contributed by atoms with van der Waals surface area (Å²) in [6, 6.07) is 5.70. The third kappa shape index (κ3) is 2.58. The number of aryl methyl sites for hydroxylation is 1. The minimum Gasteiger partial charge on any atom is -0.496 e. The van der Waals surface area contributed by atoms with Crippen molar-refractivity contribution in [2.24, 2.45) is 5.92 Å². The van der Waals surface area contributed by atoms with E-state index in [-0.39, 0.29) is 11.7 Å². The molecule has 0 radical (unpaired) electrons. The van der Waals surface area contributed by atoms with E-state index < -0.39 is 0 Å². The van der Waals surface area contributed by atoms with Gasteiger partial charge in [-0.2, -0.15) is 0 Å². The molecule has 1 aromatic carbocycles. The summed E-state index contributed by atoms with van der Waals surface area (Å²) in [6.07, 6.45) is 0.857. The second-order valence-corrected chi connectivity index (χ2v) is 3.88. The van der Waals surface area contributed by atoms with E-state index in [0.29, 0.717) is 11.3 Å². The Labute approximate surface area is 91.3 Å². The van der Waals surface area contributed by atoms with Crippen molar-refractivity contribution < 1.29 is 9.53 Å². The number of hydrogen-bond donors (Lipinski definition) is 0. The number of benzene rings is 1. The minimum absolute atomic E-state index is 0.0562. The number of carbonyl (C=O) groups is 1. The van der Waals surface area contributed by atoms with Gasteiger partial charge in [0.15, 0.2) is 5.78 Å². The van der Waals surface area contributed by atoms with Gasteiger partial charge in [0.1, 0.15) is 5.75 Å². The molecule has 0 aromatic heterocycles. The molecule has 0 fully saturated rings. The molecular formula is C13H18O2. The van der Waals surface area contributed by atoms with E-state index in [9.17, 15) is 4.79 Å². The summed E-state index contributed by atoms with van der Waals surface area (Å²) in [7, 11) is 1.60. The lowest BCUT2D eigenvalue weighted by Gasteiger charge is -2.12. The van der Waals surface area contributed by atoms with Crippen molar-refractivity contribution in [3.63, 3.8) is 0 Å². The van der Waals surface area contributed by atoms with Gasteiger partial charge in [-0.3, -0.25) is 4.79 Å². The molecule has 1 aromatic rings. The van der Waals surface area contributed by atoms with Crippen LogP contribution in [0.5, 0.6) is 5.75 Å². The van der Waals surface area contributed by atoms with Crippen LogP contribution < -0.4 is 4.74 Å². The summed E-state index contributed by atoms with van der Waals surface area (Å²) in [5.74, 6) is 0.893. The molecule has 0 saturated carbocycles. The van der Waals surface area contributed by atoms with Gasteiger partial charge in [-0.1, -0.05) is 25.5 Å². The van der Waals surface area contributed by atoms with Crippen LogP contribution in [0.2, 0.25) is 0 Å². The van der Waals surface area contributed by atoms with Crippen LogP contribution in [0.3, 0.4) is 0 Å². The van der Waals surface area contributed by atoms with E-state index in [2.05, 4.69) is 0 Å². The second kappa shape index (κ2) is 4.96. The zero-order chi connectivity index (χ0) is 11.4. The average molecular weight is 206 g/mol. The molecule has 2 heteroatoms. The first kappa shape index (κ1) is 11.8. The third-order valence-electron chi connectivity index (χ3n) is 2.68. The number of rotatable bonds is 4. The van der Waals surface area contributed by atoms with Crippen molar-refractivity contribution in [1.29, 1.82) is 0 Å². The van der Waals surface area contributed by atoms with E-state index >= 15 is 0 Å². The largest absolute Gasteiger partial charge is 0.496 e. The van der Waals surface area contributed by atoms with Gasteiger partial charge >= 0.3 is 0 Å². The summed E-state index contributed by atoms with van der Waals surface area (Å²) in [6.45, 7) is 5.95. The summed E-state index contributed by atoms with van der Waals surface area (Å²) in [5, 5.41) is 0. The Morgan fingerprint density at radius 2 is 2.13 bits per heavy atom. The molecular weight excluding hydrogens is 188 g/mol. The summed E-state index contributed by atoms with van der Waals surface area (Å²) < 4.78 is 5.20. The predicted molar refractivity (Wildman–Crippen MR) is 61.5 cm³/mol. The predicted octanol–water partition coefficient (Wildman–Crippen LogP) is 3.23. The molecule has 1 rings (SSSR count). The van der Waals surface area contributed by atoms with Crippen molar-refractivity contribution in [2.45, 2.75) is 27.2 Å². The number of ether oxygens (including phenoxy) is 1. The monoisotopic (exact) mass is 206 g/mol. The first-order valence-electron chi connectivity index (χ1n) is 5.29. The molecule has 0 aliphatic heterocycles. The van der Waals surface area contributed by atoms with Crippen LogP contribution in [-0.2, 0) is 0 Å². The maximum atomic E-state index is 12.0. The molecule has 2 nitrogen and oxygen atoms in total. The Morgan fingerprint density at radius 1 is 1.47 bits per heavy atom. The first-order chi connectivity index (χ1) is 7.10. The average Bonchev–Trinajstić information content (AvgIpc) is 2.27. The highest BCUT2D eigenvalue weighted by atomic mass is 16.5. The van der Waals surface area contributed by atoms with Gasteiger partial charge in [0.05, 0.1) is 12.7 Å². The van der Waals surface area contributed by atoms with Crippen molar-refractivity contribution in [3.05, 3.63) is 29.3 Å². The fourth-order valence-corrected chi connectivity index (χ4v) is 1.47. The van der Waals surface area contributed by atoms with Crippen LogP contribution in [0.1, 0.15) is 36.2 Å². The number of ketones is 1. The number of methoxy groups -OCH3 is 1. The molecule has 1 atom stereocenters. The van der Waals surface area contributed by atoms with Crippen LogP contribution in [-0.4, -0.2) is 12.9 Å². The van der Waals surface area contributed by atoms with Crippen molar-refractivity contribution in [3.8, 4) is 5.75 Å². The lowest BCUT2D eigenvalue weighted by Crippen LogP contribution is -2.11. The number of Topliss-reactive ketones (excluding diaryl/α,β-unsaturated/α-hetero) is 1. The van der Waals surface area contributed by atoms with Gasteiger partial charge in [0, 0.05) is 5.92 Å². The Kier molecular flexibility index (Phi) is 3.89. The molecule has 0 spiro atoms. The van der Waals surface area contributed by atoms with E-state index in [1.165, 1.54) is 0 Å². The van der Waals surface area contributed by atoms with Crippen LogP contribution in [0.25, 0.3) is 0 Å². The van der Waals surface area contributed by atoms with Gasteiger partial charge in [-0.05, 0) is 25.5 Å². The van der Waals surface area contributed by atoms with Crippen LogP contribution >= 0.6 is 0 Å².